The van der Waals surface area contributed by atoms with E-state index in [0.29, 0.717) is 24.9 Å². The Morgan fingerprint density at radius 3 is 2.68 bits per heavy atom. The monoisotopic (exact) mass is 422 g/mol. The number of carbonyl (C=O) groups excluding carboxylic acids is 1. The first-order valence-corrected chi connectivity index (χ1v) is 11.3. The quantitative estimate of drug-likeness (QED) is 0.668. The lowest BCUT2D eigenvalue weighted by molar-refractivity contribution is -0.137. The van der Waals surface area contributed by atoms with Gasteiger partial charge in [-0.2, -0.15) is 5.10 Å². The third kappa shape index (κ3) is 5.18. The highest BCUT2D eigenvalue weighted by Gasteiger charge is 2.34. The molecule has 1 fully saturated rings. The Morgan fingerprint density at radius 1 is 1.16 bits per heavy atom. The number of allylic oxidation sites excluding steroid dienone is 1. The van der Waals surface area contributed by atoms with Crippen molar-refractivity contribution in [2.24, 2.45) is 18.9 Å². The average Bonchev–Trinajstić information content (AvgIpc) is 2.98. The fourth-order valence-corrected chi connectivity index (χ4v) is 4.96. The van der Waals surface area contributed by atoms with Crippen molar-refractivity contribution in [3.8, 4) is 5.75 Å². The Labute approximate surface area is 185 Å². The number of benzene rings is 1. The Morgan fingerprint density at radius 2 is 1.97 bits per heavy atom. The van der Waals surface area contributed by atoms with Crippen LogP contribution in [0, 0.1) is 18.8 Å². The summed E-state index contributed by atoms with van der Waals surface area (Å²) in [5.74, 6) is 1.68. The Bertz CT molecular complexity index is 927. The second-order valence-corrected chi connectivity index (χ2v) is 8.91. The Balaban J connectivity index is 1.37. The minimum Gasteiger partial charge on any atom is -0.497 e. The highest BCUT2D eigenvalue weighted by Crippen LogP contribution is 2.32. The fraction of sp³-hybridized carbons (Fsp3) is 0.520. The maximum absolute atomic E-state index is 13.5. The number of carbonyl (C=O) groups is 1. The molecule has 0 spiro atoms. The summed E-state index contributed by atoms with van der Waals surface area (Å²) in [7, 11) is 3.65. The van der Waals surface area contributed by atoms with Crippen LogP contribution in [0.1, 0.15) is 36.1 Å². The summed E-state index contributed by atoms with van der Waals surface area (Å²) in [6.07, 6.45) is 9.50. The first-order chi connectivity index (χ1) is 15.0. The van der Waals surface area contributed by atoms with Gasteiger partial charge in [0, 0.05) is 44.4 Å². The van der Waals surface area contributed by atoms with Gasteiger partial charge in [-0.05, 0) is 62.9 Å². The number of nitrogens with zero attached hydrogens (tertiary/aromatic N) is 4. The van der Waals surface area contributed by atoms with E-state index in [1.807, 2.05) is 34.8 Å². The summed E-state index contributed by atoms with van der Waals surface area (Å²) in [6, 6.07) is 8.02. The zero-order valence-electron chi connectivity index (χ0n) is 19.0. The predicted molar refractivity (Wildman–Crippen MR) is 122 cm³/mol. The van der Waals surface area contributed by atoms with Crippen molar-refractivity contribution in [2.45, 2.75) is 39.3 Å². The molecular formula is C25H34N4O2. The van der Waals surface area contributed by atoms with Gasteiger partial charge in [-0.1, -0.05) is 24.3 Å². The lowest BCUT2D eigenvalue weighted by Gasteiger charge is -2.36. The molecule has 0 saturated carbocycles. The molecule has 4 rings (SSSR count). The second-order valence-electron chi connectivity index (χ2n) is 8.91. The smallest absolute Gasteiger partial charge is 0.226 e. The average molecular weight is 423 g/mol. The molecular weight excluding hydrogens is 388 g/mol. The van der Waals surface area contributed by atoms with E-state index in [1.165, 1.54) is 5.56 Å². The van der Waals surface area contributed by atoms with E-state index in [9.17, 15) is 4.79 Å². The molecule has 0 bridgehead atoms. The number of piperidine rings is 1. The predicted octanol–water partition coefficient (Wildman–Crippen LogP) is 3.55. The summed E-state index contributed by atoms with van der Waals surface area (Å²) >= 11 is 0. The highest BCUT2D eigenvalue weighted by molar-refractivity contribution is 5.80. The number of hydrogen-bond donors (Lipinski definition) is 0. The first-order valence-electron chi connectivity index (χ1n) is 11.3. The Hall–Kier alpha value is -2.60. The van der Waals surface area contributed by atoms with E-state index in [2.05, 4.69) is 41.3 Å². The van der Waals surface area contributed by atoms with E-state index >= 15 is 0 Å². The molecule has 1 aromatic heterocycles. The van der Waals surface area contributed by atoms with Crippen LogP contribution in [0.25, 0.3) is 0 Å². The zero-order valence-corrected chi connectivity index (χ0v) is 19.0. The molecule has 2 aliphatic heterocycles. The lowest BCUT2D eigenvalue weighted by atomic mass is 9.81. The molecule has 166 valence electrons. The Kier molecular flexibility index (Phi) is 6.76. The van der Waals surface area contributed by atoms with E-state index in [4.69, 9.17) is 4.74 Å². The molecule has 1 saturated heterocycles. The number of rotatable bonds is 6. The topological polar surface area (TPSA) is 50.6 Å². The van der Waals surface area contributed by atoms with Crippen LogP contribution in [-0.2, 0) is 24.9 Å². The third-order valence-corrected chi connectivity index (χ3v) is 6.73. The number of ether oxygens (including phenoxy) is 1. The summed E-state index contributed by atoms with van der Waals surface area (Å²) < 4.78 is 7.24. The largest absolute Gasteiger partial charge is 0.497 e. The van der Waals surface area contributed by atoms with Gasteiger partial charge >= 0.3 is 0 Å². The summed E-state index contributed by atoms with van der Waals surface area (Å²) in [6.45, 7) is 6.44. The molecule has 1 aromatic carbocycles. The van der Waals surface area contributed by atoms with Crippen LogP contribution >= 0.6 is 0 Å². The van der Waals surface area contributed by atoms with Crippen molar-refractivity contribution >= 4 is 5.91 Å². The molecule has 2 aliphatic rings. The second kappa shape index (κ2) is 9.69. The molecule has 1 atom stereocenters. The van der Waals surface area contributed by atoms with Crippen LogP contribution < -0.4 is 4.74 Å². The van der Waals surface area contributed by atoms with Gasteiger partial charge in [0.05, 0.1) is 12.8 Å². The highest BCUT2D eigenvalue weighted by atomic mass is 16.5. The molecule has 6 nitrogen and oxygen atoms in total. The number of methoxy groups -OCH3 is 1. The standard InChI is InChI=1S/C25H34N4O2/c1-19-22(17-27(2)26-19)18-28-13-10-21(11-14-28)24-9-4-5-12-29(25(24)30)16-20-7-6-8-23(15-20)31-3/h4-8,15,17,21,24H,9-14,16,18H2,1-3H3. The molecule has 1 amide bonds. The number of likely N-dealkylation sites (tertiary alicyclic amines) is 1. The van der Waals surface area contributed by atoms with Crippen LogP contribution in [0.15, 0.2) is 42.6 Å². The first kappa shape index (κ1) is 21.6. The molecule has 0 N–H and O–H groups in total. The van der Waals surface area contributed by atoms with Gasteiger partial charge in [0.25, 0.3) is 0 Å². The van der Waals surface area contributed by atoms with Gasteiger partial charge in [0.2, 0.25) is 5.91 Å². The van der Waals surface area contributed by atoms with Gasteiger partial charge in [-0.3, -0.25) is 14.4 Å². The maximum Gasteiger partial charge on any atom is 0.226 e. The lowest BCUT2D eigenvalue weighted by Crippen LogP contribution is -2.42. The van der Waals surface area contributed by atoms with Crippen LogP contribution in [0.4, 0.5) is 0 Å². The van der Waals surface area contributed by atoms with Crippen molar-refractivity contribution < 1.29 is 9.53 Å². The third-order valence-electron chi connectivity index (χ3n) is 6.73. The summed E-state index contributed by atoms with van der Waals surface area (Å²) in [5, 5.41) is 4.46. The van der Waals surface area contributed by atoms with Crippen LogP contribution in [0.2, 0.25) is 0 Å². The van der Waals surface area contributed by atoms with E-state index < -0.39 is 0 Å². The number of aromatic nitrogens is 2. The molecule has 2 aromatic rings. The minimum absolute atomic E-state index is 0.0895. The molecule has 3 heterocycles. The SMILES string of the molecule is COc1cccc(CN2CC=CCC(C3CCN(Cc4cn(C)nc4C)CC3)C2=O)c1. The van der Waals surface area contributed by atoms with Crippen molar-refractivity contribution in [2.75, 3.05) is 26.7 Å². The van der Waals surface area contributed by atoms with Gasteiger partial charge in [-0.15, -0.1) is 0 Å². The van der Waals surface area contributed by atoms with Gasteiger partial charge in [0.1, 0.15) is 5.75 Å². The van der Waals surface area contributed by atoms with Crippen molar-refractivity contribution in [3.05, 3.63) is 59.4 Å². The van der Waals surface area contributed by atoms with E-state index in [-0.39, 0.29) is 5.92 Å². The normalized spacial score (nSPS) is 20.8. The molecule has 6 heteroatoms. The van der Waals surface area contributed by atoms with Crippen molar-refractivity contribution in [3.63, 3.8) is 0 Å². The number of hydrogen-bond acceptors (Lipinski definition) is 4. The van der Waals surface area contributed by atoms with Gasteiger partial charge in [0.15, 0.2) is 0 Å². The molecule has 0 aliphatic carbocycles. The maximum atomic E-state index is 13.5. The van der Waals surface area contributed by atoms with Crippen molar-refractivity contribution in [1.29, 1.82) is 0 Å². The van der Waals surface area contributed by atoms with Crippen LogP contribution in [0.3, 0.4) is 0 Å². The van der Waals surface area contributed by atoms with Crippen molar-refractivity contribution in [1.82, 2.24) is 19.6 Å². The molecule has 0 radical (unpaired) electrons. The fourth-order valence-electron chi connectivity index (χ4n) is 4.96. The zero-order chi connectivity index (χ0) is 21.8. The number of amides is 1. The number of aryl methyl sites for hydroxylation is 2. The summed E-state index contributed by atoms with van der Waals surface area (Å²) in [4.78, 5) is 18.0. The van der Waals surface area contributed by atoms with E-state index in [0.717, 1.165) is 55.9 Å². The molecule has 1 unspecified atom stereocenters. The van der Waals surface area contributed by atoms with Crippen LogP contribution in [0.5, 0.6) is 5.75 Å². The minimum atomic E-state index is 0.0895. The van der Waals surface area contributed by atoms with Gasteiger partial charge < -0.3 is 9.64 Å². The summed E-state index contributed by atoms with van der Waals surface area (Å²) in [5.41, 5.74) is 3.53. The van der Waals surface area contributed by atoms with Gasteiger partial charge in [-0.25, -0.2) is 0 Å². The molecule has 31 heavy (non-hydrogen) atoms. The van der Waals surface area contributed by atoms with E-state index in [1.54, 1.807) is 7.11 Å². The van der Waals surface area contributed by atoms with Crippen LogP contribution in [-0.4, -0.2) is 52.2 Å².